The van der Waals surface area contributed by atoms with Gasteiger partial charge < -0.3 is 5.73 Å². The number of nitrogens with zero attached hydrogens (tertiary/aromatic N) is 3. The second kappa shape index (κ2) is 5.86. The molecule has 0 unspecified atom stereocenters. The van der Waals surface area contributed by atoms with E-state index in [-0.39, 0.29) is 11.9 Å². The van der Waals surface area contributed by atoms with E-state index in [1.54, 1.807) is 11.4 Å². The molecule has 0 aromatic carbocycles. The molecule has 2 aromatic rings. The van der Waals surface area contributed by atoms with Crippen molar-refractivity contribution in [1.29, 1.82) is 0 Å². The van der Waals surface area contributed by atoms with Crippen molar-refractivity contribution in [3.8, 4) is 11.8 Å². The zero-order valence-corrected chi connectivity index (χ0v) is 10.1. The lowest BCUT2D eigenvalue weighted by atomic mass is 10.3. The molecule has 0 aliphatic rings. The molecule has 0 atom stereocenters. The van der Waals surface area contributed by atoms with Gasteiger partial charge in [0.25, 0.3) is 5.91 Å². The Morgan fingerprint density at radius 1 is 1.50 bits per heavy atom. The number of carbonyl (C=O) groups excluding carboxylic acids is 1. The van der Waals surface area contributed by atoms with Crippen LogP contribution in [0.2, 0.25) is 0 Å². The van der Waals surface area contributed by atoms with Crippen LogP contribution in [0.3, 0.4) is 0 Å². The summed E-state index contributed by atoms with van der Waals surface area (Å²) in [6.45, 7) is 0.295. The summed E-state index contributed by atoms with van der Waals surface area (Å²) in [4.78, 5) is 16.5. The molecule has 90 valence electrons. The van der Waals surface area contributed by atoms with Crippen LogP contribution in [0.25, 0.3) is 0 Å². The number of thiophene rings is 1. The van der Waals surface area contributed by atoms with Crippen molar-refractivity contribution in [2.24, 2.45) is 5.73 Å². The Bertz CT molecular complexity index is 599. The third-order valence-electron chi connectivity index (χ3n) is 1.88. The summed E-state index contributed by atoms with van der Waals surface area (Å²) in [5.74, 6) is 5.47. The maximum atomic E-state index is 11.8. The van der Waals surface area contributed by atoms with Crippen LogP contribution >= 0.6 is 11.3 Å². The van der Waals surface area contributed by atoms with Crippen molar-refractivity contribution < 1.29 is 4.79 Å². The first kappa shape index (κ1) is 12.2. The number of nitrogens with two attached hydrogens (primary N) is 1. The van der Waals surface area contributed by atoms with Crippen LogP contribution in [-0.4, -0.2) is 27.6 Å². The fourth-order valence-electron chi connectivity index (χ4n) is 1.14. The summed E-state index contributed by atoms with van der Waals surface area (Å²) in [6, 6.07) is 1.69. The van der Waals surface area contributed by atoms with Crippen molar-refractivity contribution in [2.75, 3.05) is 11.9 Å². The van der Waals surface area contributed by atoms with Crippen LogP contribution in [0.4, 0.5) is 5.95 Å². The van der Waals surface area contributed by atoms with E-state index in [9.17, 15) is 4.79 Å². The average molecular weight is 259 g/mol. The molecule has 0 radical (unpaired) electrons. The maximum absolute atomic E-state index is 11.8. The largest absolute Gasteiger partial charge is 0.320 e. The molecule has 0 aliphatic heterocycles. The van der Waals surface area contributed by atoms with Gasteiger partial charge in [-0.05, 0) is 6.07 Å². The van der Waals surface area contributed by atoms with E-state index >= 15 is 0 Å². The van der Waals surface area contributed by atoms with Gasteiger partial charge in [0.2, 0.25) is 5.95 Å². The van der Waals surface area contributed by atoms with Crippen LogP contribution in [0.15, 0.2) is 23.8 Å². The predicted molar refractivity (Wildman–Crippen MR) is 68.0 cm³/mol. The Balaban J connectivity index is 2.08. The number of amides is 1. The molecule has 7 heteroatoms. The summed E-state index contributed by atoms with van der Waals surface area (Å²) < 4.78 is 0. The molecule has 2 aromatic heterocycles. The van der Waals surface area contributed by atoms with Gasteiger partial charge in [-0.3, -0.25) is 10.1 Å². The second-order valence-electron chi connectivity index (χ2n) is 3.13. The Morgan fingerprint density at radius 2 is 2.39 bits per heavy atom. The minimum absolute atomic E-state index is 0.170. The first-order chi connectivity index (χ1) is 8.79. The molecule has 2 heterocycles. The van der Waals surface area contributed by atoms with Crippen molar-refractivity contribution in [3.63, 3.8) is 0 Å². The topological polar surface area (TPSA) is 93.8 Å². The van der Waals surface area contributed by atoms with Gasteiger partial charge in [-0.15, -0.1) is 16.4 Å². The Kier molecular flexibility index (Phi) is 3.96. The van der Waals surface area contributed by atoms with Crippen LogP contribution in [0, 0.1) is 11.8 Å². The number of hydrogen-bond acceptors (Lipinski definition) is 6. The van der Waals surface area contributed by atoms with Crippen LogP contribution in [0.1, 0.15) is 15.2 Å². The third-order valence-corrected chi connectivity index (χ3v) is 2.73. The predicted octanol–water partition coefficient (Wildman–Crippen LogP) is 0.496. The highest BCUT2D eigenvalue weighted by molar-refractivity contribution is 7.10. The molecule has 3 N–H and O–H groups in total. The van der Waals surface area contributed by atoms with Gasteiger partial charge in [-0.2, -0.15) is 5.10 Å². The summed E-state index contributed by atoms with van der Waals surface area (Å²) in [6.07, 6.45) is 2.88. The zero-order valence-electron chi connectivity index (χ0n) is 9.25. The summed E-state index contributed by atoms with van der Waals surface area (Å²) in [5.41, 5.74) is 5.78. The third kappa shape index (κ3) is 3.10. The smallest absolute Gasteiger partial charge is 0.258 e. The summed E-state index contributed by atoms with van der Waals surface area (Å²) >= 11 is 1.38. The van der Waals surface area contributed by atoms with Crippen molar-refractivity contribution in [3.05, 3.63) is 34.3 Å². The Labute approximate surface area is 107 Å². The van der Waals surface area contributed by atoms with Crippen molar-refractivity contribution >= 4 is 23.2 Å². The number of aromatic nitrogens is 3. The lowest BCUT2D eigenvalue weighted by Gasteiger charge is -1.98. The summed E-state index contributed by atoms with van der Waals surface area (Å²) in [7, 11) is 0. The maximum Gasteiger partial charge on any atom is 0.258 e. The molecule has 0 aliphatic carbocycles. The van der Waals surface area contributed by atoms with E-state index in [0.717, 1.165) is 4.88 Å². The molecule has 0 bridgehead atoms. The number of rotatable bonds is 2. The first-order valence-electron chi connectivity index (χ1n) is 5.02. The molecule has 1 amide bonds. The average Bonchev–Trinajstić information content (AvgIpc) is 2.86. The van der Waals surface area contributed by atoms with Gasteiger partial charge in [0, 0.05) is 5.38 Å². The van der Waals surface area contributed by atoms with Gasteiger partial charge in [-0.1, -0.05) is 11.8 Å². The first-order valence-corrected chi connectivity index (χ1v) is 5.90. The van der Waals surface area contributed by atoms with E-state index in [0.29, 0.717) is 12.1 Å². The van der Waals surface area contributed by atoms with Crippen LogP contribution < -0.4 is 11.1 Å². The molecule has 0 saturated heterocycles. The zero-order chi connectivity index (χ0) is 12.8. The molecular weight excluding hydrogens is 250 g/mol. The van der Waals surface area contributed by atoms with Gasteiger partial charge in [0.15, 0.2) is 0 Å². The van der Waals surface area contributed by atoms with E-state index in [1.165, 1.54) is 23.7 Å². The van der Waals surface area contributed by atoms with Crippen molar-refractivity contribution in [2.45, 2.75) is 0 Å². The van der Waals surface area contributed by atoms with Gasteiger partial charge >= 0.3 is 0 Å². The summed E-state index contributed by atoms with van der Waals surface area (Å²) in [5, 5.41) is 11.5. The number of hydrogen-bond donors (Lipinski definition) is 2. The van der Waals surface area contributed by atoms with E-state index in [4.69, 9.17) is 5.73 Å². The minimum atomic E-state index is -0.292. The Hall–Kier alpha value is -2.30. The lowest BCUT2D eigenvalue weighted by Crippen LogP contribution is -2.13. The molecule has 6 nitrogen and oxygen atoms in total. The standard InChI is InChI=1S/C11H9N5OS/c12-3-1-2-9-6-8(7-18-9)10(17)15-11-13-4-5-14-16-11/h4-7H,3,12H2,(H,13,15,16,17). The molecular formula is C11H9N5OS. The van der Waals surface area contributed by atoms with Gasteiger partial charge in [0.1, 0.15) is 0 Å². The fraction of sp³-hybridized carbons (Fsp3) is 0.0909. The number of carbonyl (C=O) groups is 1. The van der Waals surface area contributed by atoms with E-state index in [1.807, 2.05) is 0 Å². The highest BCUT2D eigenvalue weighted by Gasteiger charge is 2.09. The number of nitrogens with one attached hydrogen (secondary N) is 1. The highest BCUT2D eigenvalue weighted by Crippen LogP contribution is 2.14. The van der Waals surface area contributed by atoms with Gasteiger partial charge in [-0.25, -0.2) is 4.98 Å². The lowest BCUT2D eigenvalue weighted by molar-refractivity contribution is 0.102. The quantitative estimate of drug-likeness (QED) is 0.766. The second-order valence-corrected chi connectivity index (χ2v) is 4.04. The van der Waals surface area contributed by atoms with Crippen LogP contribution in [-0.2, 0) is 0 Å². The monoisotopic (exact) mass is 259 g/mol. The molecule has 0 spiro atoms. The highest BCUT2D eigenvalue weighted by atomic mass is 32.1. The van der Waals surface area contributed by atoms with Crippen LogP contribution in [0.5, 0.6) is 0 Å². The molecule has 0 saturated carbocycles. The Morgan fingerprint density at radius 3 is 3.11 bits per heavy atom. The minimum Gasteiger partial charge on any atom is -0.320 e. The molecule has 2 rings (SSSR count). The van der Waals surface area contributed by atoms with Gasteiger partial charge in [0.05, 0.1) is 29.4 Å². The van der Waals surface area contributed by atoms with E-state index in [2.05, 4.69) is 32.3 Å². The molecule has 0 fully saturated rings. The fourth-order valence-corrected chi connectivity index (χ4v) is 1.89. The normalized spacial score (nSPS) is 9.39. The molecule has 18 heavy (non-hydrogen) atoms. The van der Waals surface area contributed by atoms with E-state index < -0.39 is 0 Å². The van der Waals surface area contributed by atoms with Crippen molar-refractivity contribution in [1.82, 2.24) is 15.2 Å². The number of anilines is 1. The SMILES string of the molecule is NCC#Cc1cc(C(=O)Nc2nccnn2)cs1.